The molecular formula is C17H21NO3. The lowest BCUT2D eigenvalue weighted by atomic mass is 9.81. The maximum Gasteiger partial charge on any atom is 0.407 e. The maximum absolute atomic E-state index is 11.9. The smallest absolute Gasteiger partial charge is 0.407 e. The highest BCUT2D eigenvalue weighted by molar-refractivity contribution is 5.83. The molecule has 21 heavy (non-hydrogen) atoms. The number of allylic oxidation sites excluding steroid dienone is 1. The number of ketones is 1. The third-order valence-corrected chi connectivity index (χ3v) is 3.84. The van der Waals surface area contributed by atoms with Crippen LogP contribution >= 0.6 is 0 Å². The minimum atomic E-state index is -0.475. The van der Waals surface area contributed by atoms with Gasteiger partial charge in [-0.1, -0.05) is 36.4 Å². The second-order valence-electron chi connectivity index (χ2n) is 5.38. The molecule has 1 unspecified atom stereocenters. The van der Waals surface area contributed by atoms with E-state index in [9.17, 15) is 9.59 Å². The molecule has 0 spiro atoms. The third-order valence-electron chi connectivity index (χ3n) is 3.84. The maximum atomic E-state index is 11.9. The fourth-order valence-corrected chi connectivity index (χ4v) is 2.50. The molecule has 1 saturated carbocycles. The Bertz CT molecular complexity index is 498. The van der Waals surface area contributed by atoms with E-state index in [1.165, 1.54) is 0 Å². The lowest BCUT2D eigenvalue weighted by Crippen LogP contribution is -2.36. The second kappa shape index (κ2) is 7.62. The molecule has 0 heterocycles. The minimum absolute atomic E-state index is 0.0922. The number of amides is 1. The van der Waals surface area contributed by atoms with E-state index in [-0.39, 0.29) is 18.3 Å². The molecule has 0 radical (unpaired) electrons. The van der Waals surface area contributed by atoms with E-state index in [1.54, 1.807) is 0 Å². The summed E-state index contributed by atoms with van der Waals surface area (Å²) in [6.07, 6.45) is 3.66. The Labute approximate surface area is 125 Å². The van der Waals surface area contributed by atoms with Gasteiger partial charge in [-0.3, -0.25) is 4.79 Å². The number of benzene rings is 1. The predicted molar refractivity (Wildman–Crippen MR) is 80.7 cm³/mol. The van der Waals surface area contributed by atoms with E-state index in [0.717, 1.165) is 18.4 Å². The second-order valence-corrected chi connectivity index (χ2v) is 5.38. The van der Waals surface area contributed by atoms with Gasteiger partial charge in [-0.05, 0) is 24.3 Å². The van der Waals surface area contributed by atoms with Crippen LogP contribution in [0.5, 0.6) is 0 Å². The zero-order chi connectivity index (χ0) is 15.1. The van der Waals surface area contributed by atoms with Crippen LogP contribution in [0.2, 0.25) is 0 Å². The monoisotopic (exact) mass is 287 g/mol. The lowest BCUT2D eigenvalue weighted by molar-refractivity contribution is -0.125. The van der Waals surface area contributed by atoms with E-state index in [0.29, 0.717) is 18.9 Å². The molecule has 4 heteroatoms. The first kappa shape index (κ1) is 15.3. The fourth-order valence-electron chi connectivity index (χ4n) is 2.50. The molecule has 2 atom stereocenters. The number of nitrogens with one attached hydrogen (secondary N) is 1. The number of Topliss-reactive ketones (excluding diaryl/α,β-unsaturated/α-hetero) is 1. The van der Waals surface area contributed by atoms with Gasteiger partial charge in [0.2, 0.25) is 0 Å². The van der Waals surface area contributed by atoms with Crippen molar-refractivity contribution in [2.24, 2.45) is 11.8 Å². The number of rotatable bonds is 5. The van der Waals surface area contributed by atoms with Crippen molar-refractivity contribution in [3.05, 3.63) is 48.6 Å². The predicted octanol–water partition coefficient (Wildman–Crippen LogP) is 3.08. The highest BCUT2D eigenvalue weighted by atomic mass is 16.5. The van der Waals surface area contributed by atoms with E-state index in [2.05, 4.69) is 11.9 Å². The number of ether oxygens (including phenoxy) is 1. The molecule has 1 aliphatic carbocycles. The van der Waals surface area contributed by atoms with Crippen LogP contribution in [0.1, 0.15) is 24.8 Å². The quantitative estimate of drug-likeness (QED) is 0.847. The Hall–Kier alpha value is -2.10. The Morgan fingerprint density at radius 1 is 1.33 bits per heavy atom. The largest absolute Gasteiger partial charge is 0.445 e. The van der Waals surface area contributed by atoms with Gasteiger partial charge >= 0.3 is 6.09 Å². The van der Waals surface area contributed by atoms with Gasteiger partial charge in [0, 0.05) is 18.9 Å². The molecule has 1 amide bonds. The van der Waals surface area contributed by atoms with Gasteiger partial charge in [0.15, 0.2) is 0 Å². The Morgan fingerprint density at radius 2 is 2.10 bits per heavy atom. The van der Waals surface area contributed by atoms with Crippen molar-refractivity contribution < 1.29 is 14.3 Å². The number of carbonyl (C=O) groups is 2. The van der Waals surface area contributed by atoms with Crippen molar-refractivity contribution in [1.29, 1.82) is 0 Å². The molecule has 2 rings (SSSR count). The molecule has 1 aromatic rings. The zero-order valence-corrected chi connectivity index (χ0v) is 12.1. The van der Waals surface area contributed by atoms with Gasteiger partial charge in [0.25, 0.3) is 0 Å². The van der Waals surface area contributed by atoms with E-state index in [1.807, 2.05) is 36.4 Å². The summed E-state index contributed by atoms with van der Waals surface area (Å²) in [6.45, 7) is 4.33. The molecular weight excluding hydrogens is 266 g/mol. The molecule has 0 bridgehead atoms. The summed E-state index contributed by atoms with van der Waals surface area (Å²) >= 11 is 0. The van der Waals surface area contributed by atoms with Crippen molar-refractivity contribution in [2.45, 2.75) is 25.9 Å². The average Bonchev–Trinajstić information content (AvgIpc) is 2.52. The fraction of sp³-hybridized carbons (Fsp3) is 0.412. The summed E-state index contributed by atoms with van der Waals surface area (Å²) in [4.78, 5) is 23.5. The lowest BCUT2D eigenvalue weighted by Gasteiger charge is -2.25. The molecule has 0 aliphatic heterocycles. The molecule has 112 valence electrons. The van der Waals surface area contributed by atoms with Gasteiger partial charge in [-0.2, -0.15) is 0 Å². The number of carbonyl (C=O) groups excluding carboxylic acids is 2. The van der Waals surface area contributed by atoms with Crippen LogP contribution in [0.25, 0.3) is 0 Å². The minimum Gasteiger partial charge on any atom is -0.445 e. The molecule has 4 nitrogen and oxygen atoms in total. The van der Waals surface area contributed by atoms with Crippen LogP contribution in [0.3, 0.4) is 0 Å². The number of alkyl carbamates (subject to hydrolysis) is 1. The van der Waals surface area contributed by atoms with Crippen LogP contribution in [0.15, 0.2) is 43.0 Å². The Morgan fingerprint density at radius 3 is 2.76 bits per heavy atom. The summed E-state index contributed by atoms with van der Waals surface area (Å²) in [5.74, 6) is 0.402. The van der Waals surface area contributed by atoms with Crippen molar-refractivity contribution in [3.8, 4) is 0 Å². The van der Waals surface area contributed by atoms with Crippen molar-refractivity contribution >= 4 is 11.9 Å². The SMILES string of the molecule is C=C[C@@H]1CCC(CNC(=O)OCc2ccccc2)C(=O)C1. The van der Waals surface area contributed by atoms with Crippen LogP contribution in [-0.4, -0.2) is 18.4 Å². The molecule has 1 aromatic carbocycles. The molecule has 0 saturated heterocycles. The Kier molecular flexibility index (Phi) is 5.55. The normalized spacial score (nSPS) is 21.6. The molecule has 1 aliphatic rings. The van der Waals surface area contributed by atoms with Gasteiger partial charge in [0.1, 0.15) is 12.4 Å². The van der Waals surface area contributed by atoms with Crippen LogP contribution < -0.4 is 5.32 Å². The van der Waals surface area contributed by atoms with Gasteiger partial charge in [0.05, 0.1) is 0 Å². The first-order chi connectivity index (χ1) is 10.2. The van der Waals surface area contributed by atoms with E-state index < -0.39 is 6.09 Å². The van der Waals surface area contributed by atoms with E-state index in [4.69, 9.17) is 4.74 Å². The van der Waals surface area contributed by atoms with E-state index >= 15 is 0 Å². The number of hydrogen-bond acceptors (Lipinski definition) is 3. The molecule has 1 N–H and O–H groups in total. The van der Waals surface area contributed by atoms with Crippen LogP contribution in [-0.2, 0) is 16.1 Å². The number of hydrogen-bond donors (Lipinski definition) is 1. The Balaban J connectivity index is 1.69. The summed E-state index contributed by atoms with van der Waals surface area (Å²) in [7, 11) is 0. The summed E-state index contributed by atoms with van der Waals surface area (Å²) in [5.41, 5.74) is 0.940. The van der Waals surface area contributed by atoms with Crippen molar-refractivity contribution in [2.75, 3.05) is 6.54 Å². The van der Waals surface area contributed by atoms with Crippen molar-refractivity contribution in [1.82, 2.24) is 5.32 Å². The summed E-state index contributed by atoms with van der Waals surface area (Å²) in [5, 5.41) is 2.68. The van der Waals surface area contributed by atoms with Gasteiger partial charge < -0.3 is 10.1 Å². The topological polar surface area (TPSA) is 55.4 Å². The third kappa shape index (κ3) is 4.74. The highest BCUT2D eigenvalue weighted by Gasteiger charge is 2.27. The highest BCUT2D eigenvalue weighted by Crippen LogP contribution is 2.26. The van der Waals surface area contributed by atoms with Gasteiger partial charge in [-0.15, -0.1) is 6.58 Å². The van der Waals surface area contributed by atoms with Gasteiger partial charge in [-0.25, -0.2) is 4.79 Å². The molecule has 0 aromatic heterocycles. The standard InChI is InChI=1S/C17H21NO3/c1-2-13-8-9-15(16(19)10-13)11-18-17(20)21-12-14-6-4-3-5-7-14/h2-7,13,15H,1,8-12H2,(H,18,20)/t13-,15?/m1/s1. The van der Waals surface area contributed by atoms with Crippen LogP contribution in [0, 0.1) is 11.8 Å². The first-order valence-corrected chi connectivity index (χ1v) is 7.29. The molecule has 1 fully saturated rings. The zero-order valence-electron chi connectivity index (χ0n) is 12.1. The summed E-state index contributed by atoms with van der Waals surface area (Å²) in [6, 6.07) is 9.50. The van der Waals surface area contributed by atoms with Crippen LogP contribution in [0.4, 0.5) is 4.79 Å². The average molecular weight is 287 g/mol. The first-order valence-electron chi connectivity index (χ1n) is 7.29. The van der Waals surface area contributed by atoms with Crippen molar-refractivity contribution in [3.63, 3.8) is 0 Å². The summed E-state index contributed by atoms with van der Waals surface area (Å²) < 4.78 is 5.12.